The molecule has 0 aliphatic heterocycles. The van der Waals surface area contributed by atoms with E-state index in [4.69, 9.17) is 9.47 Å². The number of para-hydroxylation sites is 1. The van der Waals surface area contributed by atoms with E-state index >= 15 is 0 Å². The molecule has 0 radical (unpaired) electrons. The van der Waals surface area contributed by atoms with Gasteiger partial charge in [-0.1, -0.05) is 18.2 Å². The number of nitriles is 1. The highest BCUT2D eigenvalue weighted by Gasteiger charge is 2.20. The summed E-state index contributed by atoms with van der Waals surface area (Å²) >= 11 is 0. The van der Waals surface area contributed by atoms with Crippen LogP contribution in [0.1, 0.15) is 12.6 Å². The van der Waals surface area contributed by atoms with Crippen molar-refractivity contribution in [3.63, 3.8) is 0 Å². The Balaban J connectivity index is 2.02. The van der Waals surface area contributed by atoms with Crippen molar-refractivity contribution < 1.29 is 22.4 Å². The van der Waals surface area contributed by atoms with Crippen molar-refractivity contribution in [1.29, 1.82) is 5.26 Å². The van der Waals surface area contributed by atoms with Crippen molar-refractivity contribution in [1.82, 2.24) is 9.78 Å². The number of aromatic nitrogens is 2. The first kappa shape index (κ1) is 21.9. The van der Waals surface area contributed by atoms with Gasteiger partial charge >= 0.3 is 0 Å². The van der Waals surface area contributed by atoms with E-state index < -0.39 is 26.9 Å². The molecule has 0 amide bonds. The molecule has 3 rings (SSSR count). The minimum atomic E-state index is -4.65. The summed E-state index contributed by atoms with van der Waals surface area (Å²) in [7, 11) is -3.28. The maximum Gasteiger partial charge on any atom is 0.300 e. The van der Waals surface area contributed by atoms with E-state index in [1.54, 1.807) is 30.3 Å². The van der Waals surface area contributed by atoms with Gasteiger partial charge in [0.1, 0.15) is 16.7 Å². The molecule has 0 saturated carbocycles. The summed E-state index contributed by atoms with van der Waals surface area (Å²) in [6.45, 7) is 1.54. The third-order valence-electron chi connectivity index (χ3n) is 4.09. The molecule has 160 valence electrons. The molecule has 1 atom stereocenters. The zero-order valence-electron chi connectivity index (χ0n) is 16.4. The van der Waals surface area contributed by atoms with Gasteiger partial charge < -0.3 is 9.47 Å². The molecule has 31 heavy (non-hydrogen) atoms. The number of aromatic amines is 1. The fourth-order valence-corrected chi connectivity index (χ4v) is 3.19. The van der Waals surface area contributed by atoms with Crippen LogP contribution in [-0.4, -0.2) is 36.2 Å². The van der Waals surface area contributed by atoms with Crippen LogP contribution in [0.15, 0.2) is 68.4 Å². The Bertz CT molecular complexity index is 1320. The maximum absolute atomic E-state index is 12.7. The van der Waals surface area contributed by atoms with Gasteiger partial charge in [-0.25, -0.2) is 4.68 Å². The first-order valence-corrected chi connectivity index (χ1v) is 10.2. The van der Waals surface area contributed by atoms with E-state index in [1.165, 1.54) is 26.2 Å². The van der Waals surface area contributed by atoms with Crippen LogP contribution >= 0.6 is 0 Å². The standard InChI is InChI=1S/C19H17N5O6S/c1-12(29-2)30-16-9-8-13(10-17(16)31(26,27)28)21-22-18-15(11-20)23-24(19(18)25)14-6-4-3-5-7-14/h3-10,12,23H,1-2H3,(H,26,27,28)/b22-21+. The highest BCUT2D eigenvalue weighted by molar-refractivity contribution is 7.86. The zero-order chi connectivity index (χ0) is 22.6. The van der Waals surface area contributed by atoms with Crippen LogP contribution in [0.4, 0.5) is 11.4 Å². The Morgan fingerprint density at radius 1 is 1.19 bits per heavy atom. The van der Waals surface area contributed by atoms with Gasteiger partial charge in [-0.3, -0.25) is 14.4 Å². The summed E-state index contributed by atoms with van der Waals surface area (Å²) in [5, 5.41) is 19.6. The van der Waals surface area contributed by atoms with Gasteiger partial charge in [0.25, 0.3) is 15.7 Å². The van der Waals surface area contributed by atoms with Gasteiger partial charge in [0.15, 0.2) is 17.7 Å². The summed E-state index contributed by atoms with van der Waals surface area (Å²) < 4.78 is 44.3. The molecule has 2 N–H and O–H groups in total. The molecule has 1 aromatic heterocycles. The number of benzene rings is 2. The van der Waals surface area contributed by atoms with Crippen molar-refractivity contribution in [2.75, 3.05) is 7.11 Å². The number of nitrogens with zero attached hydrogens (tertiary/aromatic N) is 4. The molecule has 0 aliphatic rings. The van der Waals surface area contributed by atoms with Gasteiger partial charge in [-0.05, 0) is 37.3 Å². The lowest BCUT2D eigenvalue weighted by Gasteiger charge is -2.14. The quantitative estimate of drug-likeness (QED) is 0.322. The number of ether oxygens (including phenoxy) is 2. The first-order valence-electron chi connectivity index (χ1n) is 8.78. The largest absolute Gasteiger partial charge is 0.464 e. The number of methoxy groups -OCH3 is 1. The van der Waals surface area contributed by atoms with E-state index in [9.17, 15) is 23.0 Å². The lowest BCUT2D eigenvalue weighted by Crippen LogP contribution is -2.15. The van der Waals surface area contributed by atoms with Crippen LogP contribution in [0.5, 0.6) is 5.75 Å². The third kappa shape index (κ3) is 4.86. The summed E-state index contributed by atoms with van der Waals surface area (Å²) in [5.74, 6) is -0.151. The Morgan fingerprint density at radius 3 is 2.52 bits per heavy atom. The summed E-state index contributed by atoms with van der Waals surface area (Å²) in [6, 6.07) is 14.0. The molecule has 0 saturated heterocycles. The summed E-state index contributed by atoms with van der Waals surface area (Å²) in [5.41, 5.74) is -0.501. The fourth-order valence-electron chi connectivity index (χ4n) is 2.55. The molecule has 1 heterocycles. The average Bonchev–Trinajstić information content (AvgIpc) is 3.08. The molecule has 0 fully saturated rings. The van der Waals surface area contributed by atoms with E-state index in [0.29, 0.717) is 5.69 Å². The van der Waals surface area contributed by atoms with Crippen LogP contribution in [0.3, 0.4) is 0 Å². The van der Waals surface area contributed by atoms with E-state index in [-0.39, 0.29) is 22.8 Å². The van der Waals surface area contributed by atoms with Crippen molar-refractivity contribution in [2.24, 2.45) is 10.2 Å². The van der Waals surface area contributed by atoms with Crippen molar-refractivity contribution in [3.05, 3.63) is 64.6 Å². The van der Waals surface area contributed by atoms with Crippen LogP contribution in [0.25, 0.3) is 5.69 Å². The Hall–Kier alpha value is -3.79. The monoisotopic (exact) mass is 443 g/mol. The molecule has 0 spiro atoms. The molecule has 12 heteroatoms. The highest BCUT2D eigenvalue weighted by atomic mass is 32.2. The minimum absolute atomic E-state index is 0.000737. The zero-order valence-corrected chi connectivity index (χ0v) is 17.2. The van der Waals surface area contributed by atoms with E-state index in [2.05, 4.69) is 15.3 Å². The second-order valence-corrected chi connectivity index (χ2v) is 7.54. The highest BCUT2D eigenvalue weighted by Crippen LogP contribution is 2.30. The molecule has 0 aliphatic carbocycles. The Labute approximate surface area is 176 Å². The lowest BCUT2D eigenvalue weighted by molar-refractivity contribution is -0.0400. The van der Waals surface area contributed by atoms with Gasteiger partial charge in [-0.15, -0.1) is 5.11 Å². The summed E-state index contributed by atoms with van der Waals surface area (Å²) in [4.78, 5) is 12.1. The van der Waals surface area contributed by atoms with Gasteiger partial charge in [0.05, 0.1) is 11.4 Å². The van der Waals surface area contributed by atoms with Gasteiger partial charge in [-0.2, -0.15) is 18.8 Å². The van der Waals surface area contributed by atoms with Crippen molar-refractivity contribution >= 4 is 21.5 Å². The fraction of sp³-hybridized carbons (Fsp3) is 0.158. The molecule has 2 aromatic carbocycles. The van der Waals surface area contributed by atoms with Crippen LogP contribution in [-0.2, 0) is 14.9 Å². The minimum Gasteiger partial charge on any atom is -0.464 e. The smallest absolute Gasteiger partial charge is 0.300 e. The second kappa shape index (κ2) is 8.92. The molecule has 0 bridgehead atoms. The molecular formula is C19H17N5O6S. The third-order valence-corrected chi connectivity index (χ3v) is 4.96. The molecular weight excluding hydrogens is 426 g/mol. The van der Waals surface area contributed by atoms with E-state index in [0.717, 1.165) is 10.7 Å². The topological polar surface area (TPSA) is 159 Å². The summed E-state index contributed by atoms with van der Waals surface area (Å²) in [6.07, 6.45) is -0.775. The number of rotatable bonds is 7. The first-order chi connectivity index (χ1) is 14.7. The lowest BCUT2D eigenvalue weighted by atomic mass is 10.3. The van der Waals surface area contributed by atoms with Crippen LogP contribution in [0, 0.1) is 11.3 Å². The molecule has 3 aromatic rings. The SMILES string of the molecule is COC(C)Oc1ccc(/N=N/c2c(C#N)[nH]n(-c3ccccc3)c2=O)cc1S(=O)(=O)O. The number of azo groups is 1. The van der Waals surface area contributed by atoms with Crippen LogP contribution < -0.4 is 10.3 Å². The number of H-pyrrole nitrogens is 1. The van der Waals surface area contributed by atoms with E-state index in [1.807, 2.05) is 6.07 Å². The number of hydrogen-bond donors (Lipinski definition) is 2. The second-order valence-electron chi connectivity index (χ2n) is 6.15. The number of nitrogens with one attached hydrogen (secondary N) is 1. The van der Waals surface area contributed by atoms with Gasteiger partial charge in [0.2, 0.25) is 0 Å². The average molecular weight is 443 g/mol. The molecule has 1 unspecified atom stereocenters. The van der Waals surface area contributed by atoms with Crippen LogP contribution in [0.2, 0.25) is 0 Å². The maximum atomic E-state index is 12.7. The van der Waals surface area contributed by atoms with Crippen molar-refractivity contribution in [2.45, 2.75) is 18.1 Å². The Morgan fingerprint density at radius 2 is 1.90 bits per heavy atom. The predicted octanol–water partition coefficient (Wildman–Crippen LogP) is 3.07. The molecule has 11 nitrogen and oxygen atoms in total. The Kier molecular flexibility index (Phi) is 6.30. The van der Waals surface area contributed by atoms with Gasteiger partial charge in [0, 0.05) is 7.11 Å². The predicted molar refractivity (Wildman–Crippen MR) is 109 cm³/mol. The number of hydrogen-bond acceptors (Lipinski definition) is 8. The van der Waals surface area contributed by atoms with Crippen molar-refractivity contribution in [3.8, 4) is 17.5 Å². The normalized spacial score (nSPS) is 12.6.